The summed E-state index contributed by atoms with van der Waals surface area (Å²) in [5.41, 5.74) is 2.47. The minimum Gasteiger partial charge on any atom is -0.416 e. The summed E-state index contributed by atoms with van der Waals surface area (Å²) in [5, 5.41) is 9.20. The van der Waals surface area contributed by atoms with Crippen molar-refractivity contribution in [3.63, 3.8) is 0 Å². The van der Waals surface area contributed by atoms with Crippen molar-refractivity contribution in [1.82, 2.24) is 15.2 Å². The van der Waals surface area contributed by atoms with Gasteiger partial charge in [-0.3, -0.25) is 4.79 Å². The van der Waals surface area contributed by atoms with Gasteiger partial charge in [0, 0.05) is 28.6 Å². The highest BCUT2D eigenvalue weighted by molar-refractivity contribution is 7.99. The van der Waals surface area contributed by atoms with Gasteiger partial charge >= 0.3 is 0 Å². The van der Waals surface area contributed by atoms with Gasteiger partial charge in [0.25, 0.3) is 5.22 Å². The van der Waals surface area contributed by atoms with Gasteiger partial charge in [0.2, 0.25) is 5.89 Å². The van der Waals surface area contributed by atoms with E-state index in [0.717, 1.165) is 16.6 Å². The lowest BCUT2D eigenvalue weighted by molar-refractivity contribution is 0.102. The number of thioether (sulfide) groups is 1. The fourth-order valence-corrected chi connectivity index (χ4v) is 6.01. The van der Waals surface area contributed by atoms with Gasteiger partial charge in [-0.25, -0.2) is 8.42 Å². The molecule has 1 aliphatic heterocycles. The maximum atomic E-state index is 12.7. The number of aryl methyl sites for hydroxylation is 1. The first kappa shape index (κ1) is 18.2. The molecule has 1 fully saturated rings. The summed E-state index contributed by atoms with van der Waals surface area (Å²) >= 11 is 1.20. The summed E-state index contributed by atoms with van der Waals surface area (Å²) in [4.78, 5) is 15.9. The summed E-state index contributed by atoms with van der Waals surface area (Å²) in [6, 6.07) is 7.71. The van der Waals surface area contributed by atoms with E-state index in [1.165, 1.54) is 11.8 Å². The van der Waals surface area contributed by atoms with Gasteiger partial charge in [-0.15, -0.1) is 10.2 Å². The Hall–Kier alpha value is -2.13. The van der Waals surface area contributed by atoms with Gasteiger partial charge < -0.3 is 9.40 Å². The molecule has 142 valence electrons. The molecule has 0 aliphatic carbocycles. The van der Waals surface area contributed by atoms with Gasteiger partial charge in [0.15, 0.2) is 15.6 Å². The van der Waals surface area contributed by atoms with Crippen LogP contribution in [0.4, 0.5) is 0 Å². The zero-order valence-corrected chi connectivity index (χ0v) is 16.4. The lowest BCUT2D eigenvalue weighted by Gasteiger charge is -2.02. The number of Topliss-reactive ketones (excluding diaryl/α,β-unsaturated/α-hetero) is 1. The average Bonchev–Trinajstić information content (AvgIpc) is 3.29. The van der Waals surface area contributed by atoms with Crippen LogP contribution >= 0.6 is 11.8 Å². The first-order valence-electron chi connectivity index (χ1n) is 8.67. The molecule has 0 spiro atoms. The molecule has 1 N–H and O–H groups in total. The van der Waals surface area contributed by atoms with Crippen LogP contribution in [0.2, 0.25) is 0 Å². The number of benzene rings is 1. The molecule has 1 aromatic carbocycles. The lowest BCUT2D eigenvalue weighted by Crippen LogP contribution is -2.07. The zero-order chi connectivity index (χ0) is 19.0. The molecular formula is C18H19N3O4S2. The van der Waals surface area contributed by atoms with E-state index in [0.29, 0.717) is 29.5 Å². The average molecular weight is 406 g/mol. The quantitative estimate of drug-likeness (QED) is 0.496. The number of aromatic amines is 1. The number of H-pyrrole nitrogens is 1. The highest BCUT2D eigenvalue weighted by Crippen LogP contribution is 2.26. The van der Waals surface area contributed by atoms with Crippen molar-refractivity contribution < 1.29 is 17.6 Å². The number of hydrogen-bond acceptors (Lipinski definition) is 7. The summed E-state index contributed by atoms with van der Waals surface area (Å²) in [5.74, 6) is 1.06. The van der Waals surface area contributed by atoms with Crippen molar-refractivity contribution in [1.29, 1.82) is 0 Å². The van der Waals surface area contributed by atoms with Crippen LogP contribution in [0.1, 0.15) is 28.4 Å². The highest BCUT2D eigenvalue weighted by Gasteiger charge is 2.29. The normalized spacial score (nSPS) is 18.9. The second kappa shape index (κ2) is 7.12. The predicted octanol–water partition coefficient (Wildman–Crippen LogP) is 2.81. The molecule has 3 aromatic rings. The van der Waals surface area contributed by atoms with Gasteiger partial charge in [-0.2, -0.15) is 0 Å². The van der Waals surface area contributed by atoms with Crippen molar-refractivity contribution in [2.45, 2.75) is 25.0 Å². The largest absolute Gasteiger partial charge is 0.416 e. The smallest absolute Gasteiger partial charge is 0.277 e. The van der Waals surface area contributed by atoms with Crippen molar-refractivity contribution in [3.05, 3.63) is 41.4 Å². The molecule has 1 unspecified atom stereocenters. The van der Waals surface area contributed by atoms with Crippen LogP contribution in [0.25, 0.3) is 10.9 Å². The number of carbonyl (C=O) groups excluding carboxylic acids is 1. The van der Waals surface area contributed by atoms with Gasteiger partial charge in [0.05, 0.1) is 17.3 Å². The number of nitrogens with zero attached hydrogens (tertiary/aromatic N) is 2. The van der Waals surface area contributed by atoms with E-state index in [9.17, 15) is 13.2 Å². The Morgan fingerprint density at radius 3 is 2.93 bits per heavy atom. The lowest BCUT2D eigenvalue weighted by atomic mass is 10.1. The summed E-state index contributed by atoms with van der Waals surface area (Å²) in [6.07, 6.45) is 1.09. The van der Waals surface area contributed by atoms with Crippen molar-refractivity contribution in [3.8, 4) is 0 Å². The maximum Gasteiger partial charge on any atom is 0.277 e. The van der Waals surface area contributed by atoms with E-state index in [1.54, 1.807) is 0 Å². The highest BCUT2D eigenvalue weighted by atomic mass is 32.2. The molecule has 1 aliphatic rings. The molecule has 0 amide bonds. The molecule has 0 radical (unpaired) electrons. The van der Waals surface area contributed by atoms with Crippen LogP contribution in [-0.2, 0) is 16.3 Å². The fraction of sp³-hybridized carbons (Fsp3) is 0.389. The van der Waals surface area contributed by atoms with Gasteiger partial charge in [0.1, 0.15) is 0 Å². The summed E-state index contributed by atoms with van der Waals surface area (Å²) in [7, 11) is -2.92. The number of sulfone groups is 1. The number of rotatable bonds is 6. The van der Waals surface area contributed by atoms with E-state index in [2.05, 4.69) is 15.2 Å². The van der Waals surface area contributed by atoms with Crippen LogP contribution in [0.3, 0.4) is 0 Å². The Kier molecular flexibility index (Phi) is 4.81. The van der Waals surface area contributed by atoms with Crippen LogP contribution in [0.5, 0.6) is 0 Å². The Balaban J connectivity index is 1.40. The monoisotopic (exact) mass is 405 g/mol. The third kappa shape index (κ3) is 3.93. The molecule has 2 aromatic heterocycles. The summed E-state index contributed by atoms with van der Waals surface area (Å²) in [6.45, 7) is 1.89. The Labute approximate surface area is 160 Å². The number of para-hydroxylation sites is 1. The minimum atomic E-state index is -2.92. The second-order valence-corrected chi connectivity index (χ2v) is 9.97. The Bertz CT molecular complexity index is 1100. The van der Waals surface area contributed by atoms with Gasteiger partial charge in [-0.05, 0) is 25.3 Å². The van der Waals surface area contributed by atoms with E-state index in [4.69, 9.17) is 4.42 Å². The van der Waals surface area contributed by atoms with Crippen molar-refractivity contribution in [2.24, 2.45) is 5.92 Å². The molecule has 7 nitrogen and oxygen atoms in total. The minimum absolute atomic E-state index is 0.00316. The van der Waals surface area contributed by atoms with Crippen molar-refractivity contribution >= 4 is 38.3 Å². The number of fused-ring (bicyclic) bond motifs is 1. The van der Waals surface area contributed by atoms with Crippen LogP contribution in [-0.4, -0.2) is 46.6 Å². The molecule has 9 heteroatoms. The third-order valence-electron chi connectivity index (χ3n) is 4.74. The number of nitrogens with one attached hydrogen (secondary N) is 1. The Morgan fingerprint density at radius 2 is 2.15 bits per heavy atom. The first-order chi connectivity index (χ1) is 12.9. The molecule has 3 heterocycles. The topological polar surface area (TPSA) is 106 Å². The molecule has 27 heavy (non-hydrogen) atoms. The molecule has 1 saturated heterocycles. The van der Waals surface area contributed by atoms with Gasteiger partial charge in [-0.1, -0.05) is 30.0 Å². The molecule has 1 atom stereocenters. The van der Waals surface area contributed by atoms with E-state index >= 15 is 0 Å². The number of ketones is 1. The van der Waals surface area contributed by atoms with E-state index in [1.807, 2.05) is 31.2 Å². The SMILES string of the molecule is Cc1[nH]c2ccccc2c1C(=O)CSc1nnc(CC2CCS(=O)(=O)C2)o1. The first-order valence-corrected chi connectivity index (χ1v) is 11.5. The van der Waals surface area contributed by atoms with Crippen molar-refractivity contribution in [2.75, 3.05) is 17.3 Å². The third-order valence-corrected chi connectivity index (χ3v) is 7.39. The standard InChI is InChI=1S/C18H19N3O4S2/c1-11-17(13-4-2-3-5-14(13)19-11)15(22)9-26-18-21-20-16(25-18)8-12-6-7-27(23,24)10-12/h2-5,12,19H,6-10H2,1H3. The summed E-state index contributed by atoms with van der Waals surface area (Å²) < 4.78 is 28.7. The molecule has 0 bridgehead atoms. The fourth-order valence-electron chi connectivity index (χ4n) is 3.49. The predicted molar refractivity (Wildman–Crippen MR) is 103 cm³/mol. The molecule has 0 saturated carbocycles. The van der Waals surface area contributed by atoms with Crippen LogP contribution in [0, 0.1) is 12.8 Å². The number of aromatic nitrogens is 3. The second-order valence-electron chi connectivity index (χ2n) is 6.82. The number of carbonyl (C=O) groups is 1. The van der Waals surface area contributed by atoms with Crippen LogP contribution in [0.15, 0.2) is 33.9 Å². The molecule has 4 rings (SSSR count). The maximum absolute atomic E-state index is 12.7. The number of hydrogen-bond donors (Lipinski definition) is 1. The molecular weight excluding hydrogens is 386 g/mol. The Morgan fingerprint density at radius 1 is 1.33 bits per heavy atom. The van der Waals surface area contributed by atoms with E-state index in [-0.39, 0.29) is 29.0 Å². The van der Waals surface area contributed by atoms with E-state index < -0.39 is 9.84 Å². The van der Waals surface area contributed by atoms with Crippen LogP contribution < -0.4 is 0 Å². The zero-order valence-electron chi connectivity index (χ0n) is 14.8.